The number of rotatable bonds is 5. The predicted octanol–water partition coefficient (Wildman–Crippen LogP) is 2.46. The standard InChI is InChI=1S/C14H15BrN2O3/c1-2-14(19,10-3-5-11(15)6-4-10)9-16-13(18)12-7-8-20-17-12/h3-8,19H,2,9H2,1H3,(H,16,18)/t14-/m0/s1. The Balaban J connectivity index is 2.08. The quantitative estimate of drug-likeness (QED) is 0.878. The van der Waals surface area contributed by atoms with Crippen LogP contribution in [0.1, 0.15) is 29.4 Å². The highest BCUT2D eigenvalue weighted by molar-refractivity contribution is 9.10. The summed E-state index contributed by atoms with van der Waals surface area (Å²) in [5.74, 6) is -0.372. The van der Waals surface area contributed by atoms with Crippen molar-refractivity contribution in [1.82, 2.24) is 10.5 Å². The first-order valence-electron chi connectivity index (χ1n) is 6.22. The molecule has 0 saturated carbocycles. The number of nitrogens with one attached hydrogen (secondary N) is 1. The van der Waals surface area contributed by atoms with Crippen molar-refractivity contribution in [3.63, 3.8) is 0 Å². The van der Waals surface area contributed by atoms with E-state index in [2.05, 4.69) is 30.9 Å². The van der Waals surface area contributed by atoms with Gasteiger partial charge in [0.2, 0.25) is 0 Å². The van der Waals surface area contributed by atoms with E-state index in [0.717, 1.165) is 10.0 Å². The van der Waals surface area contributed by atoms with Crippen molar-refractivity contribution < 1.29 is 14.4 Å². The van der Waals surface area contributed by atoms with Crippen LogP contribution in [0.15, 0.2) is 45.6 Å². The summed E-state index contributed by atoms with van der Waals surface area (Å²) in [7, 11) is 0. The van der Waals surface area contributed by atoms with E-state index < -0.39 is 5.60 Å². The molecule has 1 aromatic heterocycles. The lowest BCUT2D eigenvalue weighted by molar-refractivity contribution is 0.0313. The zero-order valence-electron chi connectivity index (χ0n) is 11.0. The van der Waals surface area contributed by atoms with Crippen molar-refractivity contribution in [1.29, 1.82) is 0 Å². The van der Waals surface area contributed by atoms with E-state index in [9.17, 15) is 9.90 Å². The molecule has 1 heterocycles. The van der Waals surface area contributed by atoms with Crippen LogP contribution in [0.5, 0.6) is 0 Å². The van der Waals surface area contributed by atoms with Crippen LogP contribution in [0.3, 0.4) is 0 Å². The van der Waals surface area contributed by atoms with E-state index in [4.69, 9.17) is 0 Å². The van der Waals surface area contributed by atoms with E-state index in [1.165, 1.54) is 12.3 Å². The van der Waals surface area contributed by atoms with Gasteiger partial charge in [0.1, 0.15) is 11.9 Å². The topological polar surface area (TPSA) is 75.4 Å². The van der Waals surface area contributed by atoms with Crippen molar-refractivity contribution in [2.24, 2.45) is 0 Å². The molecule has 2 N–H and O–H groups in total. The maximum atomic E-state index is 11.8. The Morgan fingerprint density at radius 1 is 1.40 bits per heavy atom. The summed E-state index contributed by atoms with van der Waals surface area (Å²) in [4.78, 5) is 11.8. The van der Waals surface area contributed by atoms with E-state index in [0.29, 0.717) is 6.42 Å². The van der Waals surface area contributed by atoms with Crippen molar-refractivity contribution in [2.45, 2.75) is 18.9 Å². The van der Waals surface area contributed by atoms with Crippen LogP contribution in [0, 0.1) is 0 Å². The van der Waals surface area contributed by atoms with Crippen LogP contribution in [0.4, 0.5) is 0 Å². The van der Waals surface area contributed by atoms with Gasteiger partial charge in [-0.3, -0.25) is 4.79 Å². The van der Waals surface area contributed by atoms with E-state index in [-0.39, 0.29) is 18.1 Å². The third-order valence-electron chi connectivity index (χ3n) is 3.18. The molecular weight excluding hydrogens is 324 g/mol. The van der Waals surface area contributed by atoms with Crippen LogP contribution >= 0.6 is 15.9 Å². The first kappa shape index (κ1) is 14.7. The molecule has 0 bridgehead atoms. The number of nitrogens with zero attached hydrogens (tertiary/aromatic N) is 1. The second-order valence-electron chi connectivity index (χ2n) is 4.46. The molecule has 0 aliphatic heterocycles. The molecule has 1 atom stereocenters. The number of benzene rings is 1. The molecule has 6 heteroatoms. The third-order valence-corrected chi connectivity index (χ3v) is 3.71. The number of aromatic nitrogens is 1. The Bertz CT molecular complexity index is 569. The van der Waals surface area contributed by atoms with Gasteiger partial charge in [-0.25, -0.2) is 0 Å². The number of carbonyl (C=O) groups excluding carboxylic acids is 1. The van der Waals surface area contributed by atoms with Crippen LogP contribution in [-0.4, -0.2) is 22.7 Å². The van der Waals surface area contributed by atoms with Gasteiger partial charge in [0, 0.05) is 10.5 Å². The number of hydrogen-bond acceptors (Lipinski definition) is 4. The minimum atomic E-state index is -1.11. The Hall–Kier alpha value is -1.66. The summed E-state index contributed by atoms with van der Waals surface area (Å²) in [5, 5.41) is 16.9. The monoisotopic (exact) mass is 338 g/mol. The van der Waals surface area contributed by atoms with Gasteiger partial charge in [-0.05, 0) is 24.1 Å². The van der Waals surface area contributed by atoms with Crippen LogP contribution < -0.4 is 5.32 Å². The highest BCUT2D eigenvalue weighted by atomic mass is 79.9. The van der Waals surface area contributed by atoms with Gasteiger partial charge in [0.05, 0.1) is 6.54 Å². The molecule has 1 amide bonds. The Morgan fingerprint density at radius 2 is 2.10 bits per heavy atom. The molecule has 20 heavy (non-hydrogen) atoms. The summed E-state index contributed by atoms with van der Waals surface area (Å²) < 4.78 is 5.55. The molecule has 0 spiro atoms. The molecule has 5 nitrogen and oxygen atoms in total. The number of halogens is 1. The molecule has 0 fully saturated rings. The molecule has 0 radical (unpaired) electrons. The number of aliphatic hydroxyl groups is 1. The molecular formula is C14H15BrN2O3. The Morgan fingerprint density at radius 3 is 2.65 bits per heavy atom. The second-order valence-corrected chi connectivity index (χ2v) is 5.38. The zero-order valence-corrected chi connectivity index (χ0v) is 12.6. The fourth-order valence-corrected chi connectivity index (χ4v) is 2.10. The smallest absolute Gasteiger partial charge is 0.273 e. The first-order valence-corrected chi connectivity index (χ1v) is 7.01. The third kappa shape index (κ3) is 3.26. The second kappa shape index (κ2) is 6.19. The molecule has 106 valence electrons. The fraction of sp³-hybridized carbons (Fsp3) is 0.286. The van der Waals surface area contributed by atoms with Gasteiger partial charge in [0.25, 0.3) is 5.91 Å². The van der Waals surface area contributed by atoms with Gasteiger partial charge < -0.3 is 14.9 Å². The fourth-order valence-electron chi connectivity index (χ4n) is 1.84. The van der Waals surface area contributed by atoms with Gasteiger partial charge in [-0.1, -0.05) is 40.1 Å². The van der Waals surface area contributed by atoms with Crippen LogP contribution in [0.2, 0.25) is 0 Å². The van der Waals surface area contributed by atoms with E-state index in [1.807, 2.05) is 31.2 Å². The van der Waals surface area contributed by atoms with Gasteiger partial charge in [-0.2, -0.15) is 0 Å². The zero-order chi connectivity index (χ0) is 14.6. The summed E-state index contributed by atoms with van der Waals surface area (Å²) in [6, 6.07) is 8.84. The van der Waals surface area contributed by atoms with Crippen LogP contribution in [-0.2, 0) is 5.60 Å². The maximum Gasteiger partial charge on any atom is 0.273 e. The lowest BCUT2D eigenvalue weighted by Crippen LogP contribution is -2.40. The summed E-state index contributed by atoms with van der Waals surface area (Å²) >= 11 is 3.35. The Kier molecular flexibility index (Phi) is 4.57. The minimum absolute atomic E-state index is 0.108. The molecule has 1 aromatic carbocycles. The Labute approximate surface area is 125 Å². The highest BCUT2D eigenvalue weighted by Crippen LogP contribution is 2.25. The molecule has 0 saturated heterocycles. The van der Waals surface area contributed by atoms with Crippen molar-refractivity contribution in [3.05, 3.63) is 52.3 Å². The molecule has 0 unspecified atom stereocenters. The van der Waals surface area contributed by atoms with Gasteiger partial charge >= 0.3 is 0 Å². The largest absolute Gasteiger partial charge is 0.383 e. The summed E-state index contributed by atoms with van der Waals surface area (Å²) in [6.45, 7) is 1.97. The minimum Gasteiger partial charge on any atom is -0.383 e. The normalized spacial score (nSPS) is 13.8. The van der Waals surface area contributed by atoms with Crippen molar-refractivity contribution >= 4 is 21.8 Å². The maximum absolute atomic E-state index is 11.8. The summed E-state index contributed by atoms with van der Waals surface area (Å²) in [6.07, 6.45) is 1.81. The lowest BCUT2D eigenvalue weighted by Gasteiger charge is -2.27. The SMILES string of the molecule is CC[C@](O)(CNC(=O)c1ccon1)c1ccc(Br)cc1. The number of hydrogen-bond donors (Lipinski definition) is 2. The van der Waals surface area contributed by atoms with Crippen molar-refractivity contribution in [3.8, 4) is 0 Å². The van der Waals surface area contributed by atoms with Crippen LogP contribution in [0.25, 0.3) is 0 Å². The highest BCUT2D eigenvalue weighted by Gasteiger charge is 2.28. The molecule has 0 aliphatic rings. The molecule has 2 aromatic rings. The number of carbonyl (C=O) groups is 1. The van der Waals surface area contributed by atoms with Gasteiger partial charge in [0.15, 0.2) is 5.69 Å². The molecule has 2 rings (SSSR count). The van der Waals surface area contributed by atoms with Crippen molar-refractivity contribution in [2.75, 3.05) is 6.54 Å². The molecule has 0 aliphatic carbocycles. The average molecular weight is 339 g/mol. The average Bonchev–Trinajstić information content (AvgIpc) is 2.99. The van der Waals surface area contributed by atoms with E-state index >= 15 is 0 Å². The summed E-state index contributed by atoms with van der Waals surface area (Å²) in [5.41, 5.74) is -0.164. The predicted molar refractivity (Wildman–Crippen MR) is 77.2 cm³/mol. The first-order chi connectivity index (χ1) is 9.55. The van der Waals surface area contributed by atoms with E-state index in [1.54, 1.807) is 0 Å². The number of amides is 1. The van der Waals surface area contributed by atoms with Gasteiger partial charge in [-0.15, -0.1) is 0 Å². The lowest BCUT2D eigenvalue weighted by atomic mass is 9.91.